The molecule has 0 aromatic heterocycles. The number of amides is 1. The number of phenolic OH excluding ortho intramolecular Hbond substituents is 1. The second-order valence-corrected chi connectivity index (χ2v) is 6.81. The molecule has 0 aliphatic carbocycles. The number of benzene rings is 2. The van der Waals surface area contributed by atoms with Crippen molar-refractivity contribution >= 4 is 23.0 Å². The van der Waals surface area contributed by atoms with E-state index in [0.29, 0.717) is 6.42 Å². The summed E-state index contributed by atoms with van der Waals surface area (Å²) in [4.78, 5) is 11.9. The topological polar surface area (TPSA) is 87.4 Å². The van der Waals surface area contributed by atoms with Crippen molar-refractivity contribution in [2.75, 3.05) is 16.4 Å². The van der Waals surface area contributed by atoms with Crippen molar-refractivity contribution in [2.45, 2.75) is 51.5 Å². The molecule has 2 aromatic carbocycles. The molecule has 5 nitrogen and oxygen atoms in total. The number of unbranched alkanes of at least 4 members (excludes halogenated alkanes) is 2. The van der Waals surface area contributed by atoms with Gasteiger partial charge in [-0.2, -0.15) is 0 Å². The summed E-state index contributed by atoms with van der Waals surface area (Å²) < 4.78 is 42.3. The summed E-state index contributed by atoms with van der Waals surface area (Å²) in [6.45, 7) is 2.21. The van der Waals surface area contributed by atoms with Crippen molar-refractivity contribution in [1.29, 1.82) is 0 Å². The molecule has 158 valence electrons. The second kappa shape index (κ2) is 10.6. The number of anilines is 3. The summed E-state index contributed by atoms with van der Waals surface area (Å²) in [7, 11) is 0. The van der Waals surface area contributed by atoms with Crippen LogP contribution in [-0.2, 0) is 11.3 Å². The third kappa shape index (κ3) is 6.30. The monoisotopic (exact) mass is 409 g/mol. The van der Waals surface area contributed by atoms with Crippen LogP contribution in [0.15, 0.2) is 36.4 Å². The van der Waals surface area contributed by atoms with Crippen LogP contribution in [0.2, 0.25) is 0 Å². The van der Waals surface area contributed by atoms with Crippen molar-refractivity contribution in [3.8, 4) is 5.75 Å². The van der Waals surface area contributed by atoms with Crippen LogP contribution in [0.25, 0.3) is 0 Å². The van der Waals surface area contributed by atoms with E-state index in [4.69, 9.17) is 5.73 Å². The van der Waals surface area contributed by atoms with Crippen LogP contribution in [0.3, 0.4) is 0 Å². The van der Waals surface area contributed by atoms with Gasteiger partial charge in [-0.3, -0.25) is 4.79 Å². The summed E-state index contributed by atoms with van der Waals surface area (Å²) in [6, 6.07) is 9.04. The minimum Gasteiger partial charge on any atom is -0.508 e. The van der Waals surface area contributed by atoms with E-state index in [0.717, 1.165) is 18.4 Å². The van der Waals surface area contributed by atoms with Crippen LogP contribution >= 0.6 is 0 Å². The molecular weight excluding hydrogens is 383 g/mol. The first-order chi connectivity index (χ1) is 13.8. The van der Waals surface area contributed by atoms with Crippen LogP contribution in [0.5, 0.6) is 5.75 Å². The highest BCUT2D eigenvalue weighted by molar-refractivity contribution is 5.97. The molecule has 0 radical (unpaired) electrons. The van der Waals surface area contributed by atoms with E-state index in [2.05, 4.69) is 10.6 Å². The molecule has 0 saturated heterocycles. The van der Waals surface area contributed by atoms with E-state index in [-0.39, 0.29) is 35.8 Å². The van der Waals surface area contributed by atoms with Gasteiger partial charge in [-0.1, -0.05) is 38.3 Å². The number of phenols is 1. The van der Waals surface area contributed by atoms with Gasteiger partial charge in [0.15, 0.2) is 5.82 Å². The van der Waals surface area contributed by atoms with Crippen LogP contribution in [0.4, 0.5) is 30.2 Å². The molecule has 0 bridgehead atoms. The highest BCUT2D eigenvalue weighted by atomic mass is 19.2. The Bertz CT molecular complexity index is 816. The highest BCUT2D eigenvalue weighted by Gasteiger charge is 2.28. The quantitative estimate of drug-likeness (QED) is 0.331. The lowest BCUT2D eigenvalue weighted by Crippen LogP contribution is -2.32. The van der Waals surface area contributed by atoms with Crippen molar-refractivity contribution in [2.24, 2.45) is 0 Å². The number of alkyl halides is 2. The number of rotatable bonds is 10. The van der Waals surface area contributed by atoms with Gasteiger partial charge in [-0.15, -0.1) is 0 Å². The van der Waals surface area contributed by atoms with Crippen LogP contribution in [-0.4, -0.2) is 23.4 Å². The van der Waals surface area contributed by atoms with Crippen LogP contribution in [0.1, 0.15) is 38.2 Å². The number of nitrogens with two attached hydrogens (primary N) is 1. The summed E-state index contributed by atoms with van der Waals surface area (Å²) >= 11 is 0. The molecule has 29 heavy (non-hydrogen) atoms. The van der Waals surface area contributed by atoms with Crippen LogP contribution < -0.4 is 16.4 Å². The van der Waals surface area contributed by atoms with Gasteiger partial charge in [-0.25, -0.2) is 13.2 Å². The average Bonchev–Trinajstić information content (AvgIpc) is 2.71. The fourth-order valence-corrected chi connectivity index (χ4v) is 2.75. The predicted molar refractivity (Wildman–Crippen MR) is 109 cm³/mol. The number of nitrogens with one attached hydrogen (secondary N) is 2. The fourth-order valence-electron chi connectivity index (χ4n) is 2.75. The number of hydrogen-bond acceptors (Lipinski definition) is 4. The molecule has 0 fully saturated rings. The smallest absolute Gasteiger partial charge is 0.262 e. The van der Waals surface area contributed by atoms with Gasteiger partial charge in [-0.05, 0) is 36.2 Å². The lowest BCUT2D eigenvalue weighted by atomic mass is 10.1. The molecule has 1 amide bonds. The summed E-state index contributed by atoms with van der Waals surface area (Å²) in [5.41, 5.74) is 6.12. The Morgan fingerprint density at radius 3 is 2.41 bits per heavy atom. The summed E-state index contributed by atoms with van der Waals surface area (Å²) in [5, 5.41) is 14.3. The number of nitrogen functional groups attached to an aromatic ring is 1. The Hall–Kier alpha value is -2.90. The molecule has 0 saturated carbocycles. The van der Waals surface area contributed by atoms with E-state index >= 15 is 0 Å². The minimum absolute atomic E-state index is 0.0492. The summed E-state index contributed by atoms with van der Waals surface area (Å²) in [5.74, 6) is -1.88. The maximum atomic E-state index is 14.5. The zero-order chi connectivity index (χ0) is 21.4. The van der Waals surface area contributed by atoms with Gasteiger partial charge in [0.25, 0.3) is 5.91 Å². The average molecular weight is 409 g/mol. The molecule has 0 aliphatic heterocycles. The van der Waals surface area contributed by atoms with Gasteiger partial charge in [0.05, 0.1) is 17.1 Å². The van der Waals surface area contributed by atoms with Gasteiger partial charge >= 0.3 is 0 Å². The standard InChI is InChI=1S/C21H26F3N3O2/c1-2-3-4-5-15(22)18(23)21(29)27-17-11-10-16(19(24)20(17)25)26-12-13-6-8-14(28)9-7-13/h6-11,15,18,26,28H,2-5,12,25H2,1H3,(H,27,29). The normalized spacial score (nSPS) is 13.0. The van der Waals surface area contributed by atoms with Gasteiger partial charge in [0.1, 0.15) is 11.9 Å². The first-order valence-electron chi connectivity index (χ1n) is 9.52. The number of halogens is 3. The Labute approximate surface area is 168 Å². The molecule has 2 unspecified atom stereocenters. The fraction of sp³-hybridized carbons (Fsp3) is 0.381. The van der Waals surface area contributed by atoms with E-state index in [1.54, 1.807) is 12.1 Å². The zero-order valence-electron chi connectivity index (χ0n) is 16.2. The predicted octanol–water partition coefficient (Wildman–Crippen LogP) is 4.92. The number of hydrogen-bond donors (Lipinski definition) is 4. The number of carbonyl (C=O) groups is 1. The molecule has 0 aliphatic rings. The molecule has 5 N–H and O–H groups in total. The van der Waals surface area contributed by atoms with Gasteiger partial charge in [0, 0.05) is 6.54 Å². The Balaban J connectivity index is 1.99. The van der Waals surface area contributed by atoms with Gasteiger partial charge in [0.2, 0.25) is 6.17 Å². The van der Waals surface area contributed by atoms with E-state index in [1.165, 1.54) is 24.3 Å². The van der Waals surface area contributed by atoms with Crippen molar-refractivity contribution in [3.05, 3.63) is 47.8 Å². The molecule has 0 heterocycles. The molecule has 0 spiro atoms. The van der Waals surface area contributed by atoms with Crippen molar-refractivity contribution < 1.29 is 23.1 Å². The van der Waals surface area contributed by atoms with Crippen LogP contribution in [0, 0.1) is 5.82 Å². The summed E-state index contributed by atoms with van der Waals surface area (Å²) in [6.07, 6.45) is -2.21. The third-order valence-electron chi connectivity index (χ3n) is 4.51. The maximum Gasteiger partial charge on any atom is 0.262 e. The molecular formula is C21H26F3N3O2. The first-order valence-corrected chi connectivity index (χ1v) is 9.52. The Morgan fingerprint density at radius 1 is 1.10 bits per heavy atom. The molecule has 8 heteroatoms. The van der Waals surface area contributed by atoms with E-state index in [9.17, 15) is 23.1 Å². The SMILES string of the molecule is CCCCCC(F)C(F)C(=O)Nc1ccc(NCc2ccc(O)cc2)c(F)c1N. The maximum absolute atomic E-state index is 14.5. The largest absolute Gasteiger partial charge is 0.508 e. The Kier molecular flexibility index (Phi) is 8.18. The lowest BCUT2D eigenvalue weighted by molar-refractivity contribution is -0.123. The van der Waals surface area contributed by atoms with Gasteiger partial charge < -0.3 is 21.5 Å². The number of aromatic hydroxyl groups is 1. The zero-order valence-corrected chi connectivity index (χ0v) is 16.2. The minimum atomic E-state index is -2.35. The first kappa shape index (κ1) is 22.4. The molecule has 2 rings (SSSR count). The van der Waals surface area contributed by atoms with Crippen molar-refractivity contribution in [3.63, 3.8) is 0 Å². The number of carbonyl (C=O) groups excluding carboxylic acids is 1. The second-order valence-electron chi connectivity index (χ2n) is 6.81. The highest BCUT2D eigenvalue weighted by Crippen LogP contribution is 2.29. The molecule has 2 atom stereocenters. The Morgan fingerprint density at radius 2 is 1.76 bits per heavy atom. The van der Waals surface area contributed by atoms with E-state index in [1.807, 2.05) is 6.92 Å². The third-order valence-corrected chi connectivity index (χ3v) is 4.51. The van der Waals surface area contributed by atoms with E-state index < -0.39 is 24.1 Å². The van der Waals surface area contributed by atoms with Crippen molar-refractivity contribution in [1.82, 2.24) is 0 Å². The molecule has 2 aromatic rings. The lowest BCUT2D eigenvalue weighted by Gasteiger charge is -2.16.